The van der Waals surface area contributed by atoms with Gasteiger partial charge in [-0.25, -0.2) is 9.97 Å². The zero-order valence-electron chi connectivity index (χ0n) is 10.4. The molecule has 0 atom stereocenters. The quantitative estimate of drug-likeness (QED) is 0.640. The minimum atomic E-state index is -0.285. The van der Waals surface area contributed by atoms with Crippen molar-refractivity contribution in [1.82, 2.24) is 19.5 Å². The van der Waals surface area contributed by atoms with Crippen molar-refractivity contribution < 1.29 is 9.47 Å². The van der Waals surface area contributed by atoms with Gasteiger partial charge in [0, 0.05) is 13.2 Å². The van der Waals surface area contributed by atoms with Crippen LogP contribution >= 0.6 is 12.2 Å². The molecule has 0 fully saturated rings. The Balaban J connectivity index is 2.25. The van der Waals surface area contributed by atoms with E-state index in [0.717, 1.165) is 5.65 Å². The Bertz CT molecular complexity index is 559. The summed E-state index contributed by atoms with van der Waals surface area (Å²) in [5.74, 6) is 0. The smallest absolute Gasteiger partial charge is 0.175 e. The number of nitrogens with one attached hydrogen (secondary N) is 1. The van der Waals surface area contributed by atoms with Crippen molar-refractivity contribution in [2.24, 2.45) is 0 Å². The van der Waals surface area contributed by atoms with E-state index in [1.165, 1.54) is 0 Å². The second-order valence-corrected chi connectivity index (χ2v) is 4.03. The number of hydrogen-bond acceptors (Lipinski definition) is 5. The monoisotopic (exact) mass is 268 g/mol. The highest BCUT2D eigenvalue weighted by atomic mass is 32.1. The topological polar surface area (TPSA) is 65.0 Å². The van der Waals surface area contributed by atoms with Crippen molar-refractivity contribution >= 4 is 23.4 Å². The molecule has 2 rings (SSSR count). The van der Waals surface area contributed by atoms with E-state index in [1.54, 1.807) is 12.7 Å². The molecule has 0 bridgehead atoms. The first-order chi connectivity index (χ1) is 8.76. The van der Waals surface area contributed by atoms with Crippen LogP contribution in [0.15, 0.2) is 12.7 Å². The SMILES string of the molecule is CCOC(Cn1cnc2c(=S)nc[nH]c21)OCC. The molecule has 18 heavy (non-hydrogen) atoms. The number of aromatic amines is 1. The first-order valence-corrected chi connectivity index (χ1v) is 6.28. The van der Waals surface area contributed by atoms with Gasteiger partial charge >= 0.3 is 0 Å². The van der Waals surface area contributed by atoms with E-state index < -0.39 is 0 Å². The molecule has 0 amide bonds. The van der Waals surface area contributed by atoms with Crippen LogP contribution in [0.5, 0.6) is 0 Å². The van der Waals surface area contributed by atoms with Gasteiger partial charge in [0.05, 0.1) is 19.2 Å². The number of imidazole rings is 1. The first kappa shape index (κ1) is 13.1. The van der Waals surface area contributed by atoms with Gasteiger partial charge in [0.15, 0.2) is 10.9 Å². The minimum Gasteiger partial charge on any atom is -0.351 e. The Labute approximate surface area is 110 Å². The summed E-state index contributed by atoms with van der Waals surface area (Å²) in [4.78, 5) is 11.3. The van der Waals surface area contributed by atoms with E-state index in [1.807, 2.05) is 18.4 Å². The van der Waals surface area contributed by atoms with Gasteiger partial charge in [-0.2, -0.15) is 0 Å². The summed E-state index contributed by atoms with van der Waals surface area (Å²) in [5, 5.41) is 0. The third kappa shape index (κ3) is 2.74. The van der Waals surface area contributed by atoms with Gasteiger partial charge in [-0.3, -0.25) is 0 Å². The molecule has 6 nitrogen and oxygen atoms in total. The zero-order valence-corrected chi connectivity index (χ0v) is 11.2. The average Bonchev–Trinajstić information content (AvgIpc) is 2.75. The Kier molecular flexibility index (Phi) is 4.40. The molecule has 1 N–H and O–H groups in total. The third-order valence-corrected chi connectivity index (χ3v) is 2.77. The van der Waals surface area contributed by atoms with Crippen molar-refractivity contribution in [1.29, 1.82) is 0 Å². The summed E-state index contributed by atoms with van der Waals surface area (Å²) in [6, 6.07) is 0. The van der Waals surface area contributed by atoms with Crippen LogP contribution in [0.1, 0.15) is 13.8 Å². The maximum absolute atomic E-state index is 5.51. The van der Waals surface area contributed by atoms with Crippen molar-refractivity contribution in [3.8, 4) is 0 Å². The molecular formula is C11H16N4O2S. The molecule has 0 aliphatic carbocycles. The number of nitrogens with zero attached hydrogens (tertiary/aromatic N) is 3. The molecular weight excluding hydrogens is 252 g/mol. The van der Waals surface area contributed by atoms with E-state index in [2.05, 4.69) is 15.0 Å². The fourth-order valence-corrected chi connectivity index (χ4v) is 1.93. The molecule has 0 spiro atoms. The predicted octanol–water partition coefficient (Wildman–Crippen LogP) is 1.89. The second kappa shape index (κ2) is 6.03. The summed E-state index contributed by atoms with van der Waals surface area (Å²) in [5.41, 5.74) is 1.53. The van der Waals surface area contributed by atoms with Crippen LogP contribution in [0.25, 0.3) is 11.2 Å². The van der Waals surface area contributed by atoms with E-state index in [0.29, 0.717) is 29.9 Å². The highest BCUT2D eigenvalue weighted by molar-refractivity contribution is 7.71. The summed E-state index contributed by atoms with van der Waals surface area (Å²) in [7, 11) is 0. The van der Waals surface area contributed by atoms with Crippen LogP contribution in [0.4, 0.5) is 0 Å². The number of hydrogen-bond donors (Lipinski definition) is 1. The summed E-state index contributed by atoms with van der Waals surface area (Å²) in [6.45, 7) is 5.65. The molecule has 2 aromatic rings. The van der Waals surface area contributed by atoms with Gasteiger partial charge in [-0.15, -0.1) is 0 Å². The van der Waals surface area contributed by atoms with Crippen molar-refractivity contribution in [3.05, 3.63) is 17.3 Å². The zero-order chi connectivity index (χ0) is 13.0. The predicted molar refractivity (Wildman–Crippen MR) is 69.8 cm³/mol. The second-order valence-electron chi connectivity index (χ2n) is 3.64. The van der Waals surface area contributed by atoms with Gasteiger partial charge in [0.2, 0.25) is 0 Å². The molecule has 0 saturated carbocycles. The molecule has 0 aromatic carbocycles. The Hall–Kier alpha value is -1.31. The van der Waals surface area contributed by atoms with Crippen molar-refractivity contribution in [2.45, 2.75) is 26.7 Å². The molecule has 0 unspecified atom stereocenters. The Morgan fingerprint density at radius 3 is 2.72 bits per heavy atom. The van der Waals surface area contributed by atoms with Crippen LogP contribution in [-0.2, 0) is 16.0 Å². The van der Waals surface area contributed by atoms with Crippen molar-refractivity contribution in [2.75, 3.05) is 13.2 Å². The fraction of sp³-hybridized carbons (Fsp3) is 0.545. The van der Waals surface area contributed by atoms with Gasteiger partial charge in [0.1, 0.15) is 11.2 Å². The molecule has 7 heteroatoms. The highest BCUT2D eigenvalue weighted by Crippen LogP contribution is 2.11. The molecule has 0 aliphatic heterocycles. The largest absolute Gasteiger partial charge is 0.351 e. The summed E-state index contributed by atoms with van der Waals surface area (Å²) in [6.07, 6.45) is 3.00. The Morgan fingerprint density at radius 2 is 2.06 bits per heavy atom. The summed E-state index contributed by atoms with van der Waals surface area (Å²) >= 11 is 5.11. The lowest BCUT2D eigenvalue weighted by Crippen LogP contribution is -2.23. The van der Waals surface area contributed by atoms with Crippen LogP contribution in [0.2, 0.25) is 0 Å². The maximum Gasteiger partial charge on any atom is 0.175 e. The first-order valence-electron chi connectivity index (χ1n) is 5.88. The molecule has 0 radical (unpaired) electrons. The number of fused-ring (bicyclic) bond motifs is 1. The van der Waals surface area contributed by atoms with Gasteiger partial charge in [-0.05, 0) is 13.8 Å². The van der Waals surface area contributed by atoms with Gasteiger partial charge in [-0.1, -0.05) is 12.2 Å². The van der Waals surface area contributed by atoms with Gasteiger partial charge in [0.25, 0.3) is 0 Å². The lowest BCUT2D eigenvalue weighted by atomic mass is 10.5. The highest BCUT2D eigenvalue weighted by Gasteiger charge is 2.12. The van der Waals surface area contributed by atoms with E-state index >= 15 is 0 Å². The number of H-pyrrole nitrogens is 1. The van der Waals surface area contributed by atoms with E-state index in [9.17, 15) is 0 Å². The van der Waals surface area contributed by atoms with E-state index in [-0.39, 0.29) is 6.29 Å². The van der Waals surface area contributed by atoms with Gasteiger partial charge < -0.3 is 19.0 Å². The molecule has 0 saturated heterocycles. The number of rotatable bonds is 6. The average molecular weight is 268 g/mol. The van der Waals surface area contributed by atoms with Crippen LogP contribution in [-0.4, -0.2) is 39.0 Å². The minimum absolute atomic E-state index is 0.285. The van der Waals surface area contributed by atoms with Crippen molar-refractivity contribution in [3.63, 3.8) is 0 Å². The molecule has 2 heterocycles. The molecule has 98 valence electrons. The van der Waals surface area contributed by atoms with Crippen LogP contribution in [0, 0.1) is 4.64 Å². The Morgan fingerprint density at radius 1 is 1.33 bits per heavy atom. The third-order valence-electron chi connectivity index (χ3n) is 2.47. The van der Waals surface area contributed by atoms with Crippen LogP contribution in [0.3, 0.4) is 0 Å². The molecule has 0 aliphatic rings. The lowest BCUT2D eigenvalue weighted by Gasteiger charge is -2.17. The maximum atomic E-state index is 5.51. The summed E-state index contributed by atoms with van der Waals surface area (Å²) < 4.78 is 13.4. The molecule has 2 aromatic heterocycles. The standard InChI is InChI=1S/C11H16N4O2S/c1-3-16-8(17-4-2)5-15-7-14-9-10(15)12-6-13-11(9)18/h6-8H,3-5H2,1-2H3,(H,12,13,18). The lowest BCUT2D eigenvalue weighted by molar-refractivity contribution is -0.143. The van der Waals surface area contributed by atoms with E-state index in [4.69, 9.17) is 21.7 Å². The van der Waals surface area contributed by atoms with Crippen LogP contribution < -0.4 is 0 Å². The normalized spacial score (nSPS) is 11.5. The fourth-order valence-electron chi connectivity index (χ4n) is 1.73. The number of ether oxygens (including phenoxy) is 2. The number of aromatic nitrogens is 4.